The van der Waals surface area contributed by atoms with Gasteiger partial charge in [0.15, 0.2) is 5.76 Å². The summed E-state index contributed by atoms with van der Waals surface area (Å²) in [5.41, 5.74) is 2.01. The topological polar surface area (TPSA) is 62.7 Å². The third-order valence-corrected chi connectivity index (χ3v) is 4.48. The zero-order chi connectivity index (χ0) is 16.5. The van der Waals surface area contributed by atoms with E-state index < -0.39 is 0 Å². The molecule has 1 fully saturated rings. The monoisotopic (exact) mass is 322 g/mol. The van der Waals surface area contributed by atoms with E-state index in [1.807, 2.05) is 12.1 Å². The molecule has 5 nitrogen and oxygen atoms in total. The summed E-state index contributed by atoms with van der Waals surface area (Å²) in [6, 6.07) is 6.88. The molecule has 1 saturated heterocycles. The molecule has 2 aliphatic rings. The molecule has 5 heteroatoms. The fourth-order valence-electron chi connectivity index (χ4n) is 3.23. The first kappa shape index (κ1) is 14.9. The average molecular weight is 322 g/mol. The van der Waals surface area contributed by atoms with E-state index in [0.29, 0.717) is 23.4 Å². The number of rotatable bonds is 3. The summed E-state index contributed by atoms with van der Waals surface area (Å²) in [6.45, 7) is 2.62. The zero-order valence-corrected chi connectivity index (χ0v) is 13.2. The van der Waals surface area contributed by atoms with Gasteiger partial charge in [-0.05, 0) is 55.8 Å². The maximum Gasteiger partial charge on any atom is 0.231 e. The molecule has 24 heavy (non-hydrogen) atoms. The van der Waals surface area contributed by atoms with Crippen molar-refractivity contribution in [1.29, 1.82) is 0 Å². The summed E-state index contributed by atoms with van der Waals surface area (Å²) in [7, 11) is 0. The van der Waals surface area contributed by atoms with Gasteiger partial charge in [-0.1, -0.05) is 6.07 Å². The summed E-state index contributed by atoms with van der Waals surface area (Å²) in [5.74, 6) is 0.779. The van der Waals surface area contributed by atoms with Crippen LogP contribution in [0.15, 0.2) is 42.4 Å². The standard InChI is InChI=1S/C19H18N2O3/c22-16-6-5-14-18(23)17(10-13-4-3-7-20-11-13)24-19(14)15(16)12-21-8-1-2-9-21/h3-7,10-11,22H,1-2,8-9,12H2. The number of likely N-dealkylation sites (tertiary alicyclic amines) is 1. The number of aromatic nitrogens is 1. The molecule has 0 bridgehead atoms. The molecule has 0 saturated carbocycles. The van der Waals surface area contributed by atoms with Crippen LogP contribution in [-0.4, -0.2) is 33.9 Å². The molecular formula is C19H18N2O3. The number of phenols is 1. The van der Waals surface area contributed by atoms with Crippen LogP contribution < -0.4 is 4.74 Å². The summed E-state index contributed by atoms with van der Waals surface area (Å²) in [6.07, 6.45) is 7.38. The van der Waals surface area contributed by atoms with E-state index in [1.165, 1.54) is 12.8 Å². The third-order valence-electron chi connectivity index (χ3n) is 4.48. The molecule has 0 radical (unpaired) electrons. The smallest absolute Gasteiger partial charge is 0.231 e. The maximum atomic E-state index is 12.6. The molecule has 0 atom stereocenters. The van der Waals surface area contributed by atoms with Gasteiger partial charge >= 0.3 is 0 Å². The van der Waals surface area contributed by atoms with Crippen LogP contribution in [-0.2, 0) is 6.54 Å². The number of carbonyl (C=O) groups is 1. The Balaban J connectivity index is 1.68. The van der Waals surface area contributed by atoms with Crippen molar-refractivity contribution >= 4 is 11.9 Å². The van der Waals surface area contributed by atoms with Crippen molar-refractivity contribution in [3.05, 3.63) is 59.1 Å². The molecule has 2 aromatic rings. The number of ether oxygens (including phenoxy) is 1. The number of pyridine rings is 1. The number of ketones is 1. The second-order valence-electron chi connectivity index (χ2n) is 6.15. The lowest BCUT2D eigenvalue weighted by Gasteiger charge is -2.17. The van der Waals surface area contributed by atoms with E-state index in [-0.39, 0.29) is 17.3 Å². The fourth-order valence-corrected chi connectivity index (χ4v) is 3.23. The molecule has 1 aromatic heterocycles. The minimum Gasteiger partial charge on any atom is -0.507 e. The first-order valence-corrected chi connectivity index (χ1v) is 8.14. The van der Waals surface area contributed by atoms with Gasteiger partial charge in [-0.25, -0.2) is 0 Å². The number of fused-ring (bicyclic) bond motifs is 1. The van der Waals surface area contributed by atoms with E-state index in [4.69, 9.17) is 4.74 Å². The summed E-state index contributed by atoms with van der Waals surface area (Å²) in [4.78, 5) is 18.9. The quantitative estimate of drug-likeness (QED) is 0.880. The highest BCUT2D eigenvalue weighted by Gasteiger charge is 2.31. The SMILES string of the molecule is O=C1C(=Cc2cccnc2)Oc2c1ccc(O)c2CN1CCCC1. The summed E-state index contributed by atoms with van der Waals surface area (Å²) in [5, 5.41) is 10.2. The largest absolute Gasteiger partial charge is 0.507 e. The van der Waals surface area contributed by atoms with Crippen molar-refractivity contribution in [3.63, 3.8) is 0 Å². The Kier molecular flexibility index (Phi) is 3.78. The number of benzene rings is 1. The Labute approximate surface area is 140 Å². The molecule has 0 aliphatic carbocycles. The molecule has 0 amide bonds. The van der Waals surface area contributed by atoms with Crippen molar-refractivity contribution in [2.75, 3.05) is 13.1 Å². The van der Waals surface area contributed by atoms with Gasteiger partial charge in [0.2, 0.25) is 5.78 Å². The van der Waals surface area contributed by atoms with Gasteiger partial charge in [0.25, 0.3) is 0 Å². The van der Waals surface area contributed by atoms with Crippen LogP contribution in [0.4, 0.5) is 0 Å². The molecule has 2 aliphatic heterocycles. The average Bonchev–Trinajstić information content (AvgIpc) is 3.21. The number of allylic oxidation sites excluding steroid dienone is 1. The van der Waals surface area contributed by atoms with Gasteiger partial charge < -0.3 is 9.84 Å². The summed E-state index contributed by atoms with van der Waals surface area (Å²) >= 11 is 0. The minimum atomic E-state index is -0.156. The Morgan fingerprint density at radius 1 is 1.25 bits per heavy atom. The van der Waals surface area contributed by atoms with Crippen molar-refractivity contribution in [2.45, 2.75) is 19.4 Å². The van der Waals surface area contributed by atoms with Crippen LogP contribution in [0.2, 0.25) is 0 Å². The predicted octanol–water partition coefficient (Wildman–Crippen LogP) is 3.00. The van der Waals surface area contributed by atoms with Crippen molar-refractivity contribution in [1.82, 2.24) is 9.88 Å². The zero-order valence-electron chi connectivity index (χ0n) is 13.2. The highest BCUT2D eigenvalue weighted by molar-refractivity contribution is 6.14. The first-order valence-electron chi connectivity index (χ1n) is 8.14. The second kappa shape index (κ2) is 6.09. The predicted molar refractivity (Wildman–Crippen MR) is 89.8 cm³/mol. The number of phenolic OH excluding ortho intramolecular Hbond substituents is 1. The first-order chi connectivity index (χ1) is 11.7. The molecule has 4 rings (SSSR count). The van der Waals surface area contributed by atoms with Crippen LogP contribution in [0.1, 0.15) is 34.3 Å². The van der Waals surface area contributed by atoms with E-state index >= 15 is 0 Å². The number of nitrogens with zero attached hydrogens (tertiary/aromatic N) is 2. The number of hydrogen-bond acceptors (Lipinski definition) is 5. The Morgan fingerprint density at radius 3 is 2.83 bits per heavy atom. The van der Waals surface area contributed by atoms with E-state index in [2.05, 4.69) is 9.88 Å². The van der Waals surface area contributed by atoms with Gasteiger partial charge in [-0.3, -0.25) is 14.7 Å². The number of carbonyl (C=O) groups excluding carboxylic acids is 1. The lowest BCUT2D eigenvalue weighted by Crippen LogP contribution is -2.18. The molecule has 1 N–H and O–H groups in total. The Morgan fingerprint density at radius 2 is 2.08 bits per heavy atom. The number of hydrogen-bond donors (Lipinski definition) is 1. The summed E-state index contributed by atoms with van der Waals surface area (Å²) < 4.78 is 5.84. The number of Topliss-reactive ketones (excluding diaryl/α,β-unsaturated/α-hetero) is 1. The Hall–Kier alpha value is -2.66. The Bertz CT molecular complexity index is 809. The van der Waals surface area contributed by atoms with Crippen LogP contribution in [0.3, 0.4) is 0 Å². The van der Waals surface area contributed by atoms with E-state index in [1.54, 1.807) is 30.6 Å². The fraction of sp³-hybridized carbons (Fsp3) is 0.263. The normalized spacial score (nSPS) is 18.8. The van der Waals surface area contributed by atoms with Crippen molar-refractivity contribution in [3.8, 4) is 11.5 Å². The maximum absolute atomic E-state index is 12.6. The number of aromatic hydroxyl groups is 1. The van der Waals surface area contributed by atoms with Gasteiger partial charge in [0.1, 0.15) is 11.5 Å². The van der Waals surface area contributed by atoms with Crippen molar-refractivity contribution in [2.24, 2.45) is 0 Å². The van der Waals surface area contributed by atoms with Crippen LogP contribution in [0.25, 0.3) is 6.08 Å². The highest BCUT2D eigenvalue weighted by Crippen LogP contribution is 2.40. The molecule has 122 valence electrons. The van der Waals surface area contributed by atoms with E-state index in [9.17, 15) is 9.90 Å². The van der Waals surface area contributed by atoms with Gasteiger partial charge in [0, 0.05) is 18.9 Å². The molecule has 0 spiro atoms. The van der Waals surface area contributed by atoms with Crippen LogP contribution in [0.5, 0.6) is 11.5 Å². The minimum absolute atomic E-state index is 0.156. The third kappa shape index (κ3) is 2.67. The van der Waals surface area contributed by atoms with Gasteiger partial charge in [0.05, 0.1) is 11.1 Å². The molecule has 1 aromatic carbocycles. The lowest BCUT2D eigenvalue weighted by atomic mass is 10.0. The molecule has 0 unspecified atom stereocenters. The lowest BCUT2D eigenvalue weighted by molar-refractivity contribution is 0.101. The van der Waals surface area contributed by atoms with Gasteiger partial charge in [-0.2, -0.15) is 0 Å². The van der Waals surface area contributed by atoms with Crippen molar-refractivity contribution < 1.29 is 14.6 Å². The van der Waals surface area contributed by atoms with Crippen LogP contribution >= 0.6 is 0 Å². The van der Waals surface area contributed by atoms with Crippen LogP contribution in [0, 0.1) is 0 Å². The molecule has 3 heterocycles. The van der Waals surface area contributed by atoms with Gasteiger partial charge in [-0.15, -0.1) is 0 Å². The second-order valence-corrected chi connectivity index (χ2v) is 6.15. The molecular weight excluding hydrogens is 304 g/mol. The highest BCUT2D eigenvalue weighted by atomic mass is 16.5. The van der Waals surface area contributed by atoms with E-state index in [0.717, 1.165) is 18.7 Å².